The molecular weight excluding hydrogens is 368 g/mol. The molecular formula is C23H30N2O4. The number of amides is 2. The summed E-state index contributed by atoms with van der Waals surface area (Å²) in [5, 5.41) is 6.22. The van der Waals surface area contributed by atoms with Crippen molar-refractivity contribution in [3.05, 3.63) is 53.6 Å². The molecule has 0 aliphatic carbocycles. The van der Waals surface area contributed by atoms with Gasteiger partial charge in [-0.05, 0) is 47.7 Å². The maximum Gasteiger partial charge on any atom is 0.315 e. The maximum absolute atomic E-state index is 12.8. The Hall–Kier alpha value is -2.89. The summed E-state index contributed by atoms with van der Waals surface area (Å²) in [6, 6.07) is 13.2. The number of carbonyl (C=O) groups is 1. The van der Waals surface area contributed by atoms with Crippen LogP contribution in [0.4, 0.5) is 4.79 Å². The van der Waals surface area contributed by atoms with Crippen LogP contribution in [0.3, 0.4) is 0 Å². The van der Waals surface area contributed by atoms with E-state index in [0.717, 1.165) is 34.8 Å². The van der Waals surface area contributed by atoms with Crippen molar-refractivity contribution in [1.29, 1.82) is 0 Å². The van der Waals surface area contributed by atoms with E-state index in [-0.39, 0.29) is 24.0 Å². The number of hydrogen-bond donors (Lipinski definition) is 2. The standard InChI is InChI=1S/C23H30N2O4/c1-5-19(16-6-9-18(27-4)10-7-16)24-23(26)25-22(15(2)3)17-8-11-20-21(14-17)29-13-12-28-20/h6-11,14-15,19,22H,5,12-13H2,1-4H3,(H2,24,25,26)/t19-,22-/m1/s1. The second kappa shape index (κ2) is 9.54. The van der Waals surface area contributed by atoms with Gasteiger partial charge >= 0.3 is 6.03 Å². The van der Waals surface area contributed by atoms with E-state index < -0.39 is 0 Å². The van der Waals surface area contributed by atoms with Gasteiger partial charge in [0, 0.05) is 0 Å². The summed E-state index contributed by atoms with van der Waals surface area (Å²) in [5.41, 5.74) is 2.04. The molecule has 1 heterocycles. The molecule has 0 radical (unpaired) electrons. The lowest BCUT2D eigenvalue weighted by atomic mass is 9.95. The molecule has 2 aromatic carbocycles. The van der Waals surface area contributed by atoms with E-state index in [1.54, 1.807) is 7.11 Å². The Kier molecular flexibility index (Phi) is 6.86. The number of rotatable bonds is 7. The normalized spacial score (nSPS) is 14.8. The zero-order valence-corrected chi connectivity index (χ0v) is 17.5. The topological polar surface area (TPSA) is 68.8 Å². The number of ether oxygens (including phenoxy) is 3. The first-order chi connectivity index (χ1) is 14.0. The highest BCUT2D eigenvalue weighted by Crippen LogP contribution is 2.34. The van der Waals surface area contributed by atoms with Crippen LogP contribution >= 0.6 is 0 Å². The number of fused-ring (bicyclic) bond motifs is 1. The van der Waals surface area contributed by atoms with Gasteiger partial charge in [-0.1, -0.05) is 39.0 Å². The molecule has 6 nitrogen and oxygen atoms in total. The molecule has 6 heteroatoms. The van der Waals surface area contributed by atoms with Crippen molar-refractivity contribution in [2.45, 2.75) is 39.3 Å². The minimum absolute atomic E-state index is 0.0750. The monoisotopic (exact) mass is 398 g/mol. The highest BCUT2D eigenvalue weighted by Gasteiger charge is 2.22. The fourth-order valence-electron chi connectivity index (χ4n) is 3.49. The molecule has 3 rings (SSSR count). The molecule has 0 spiro atoms. The molecule has 0 bridgehead atoms. The minimum Gasteiger partial charge on any atom is -0.497 e. The molecule has 1 aliphatic heterocycles. The van der Waals surface area contributed by atoms with Gasteiger partial charge in [0.15, 0.2) is 11.5 Å². The number of hydrogen-bond acceptors (Lipinski definition) is 4. The van der Waals surface area contributed by atoms with Gasteiger partial charge in [0.25, 0.3) is 0 Å². The van der Waals surface area contributed by atoms with Crippen LogP contribution in [-0.4, -0.2) is 26.4 Å². The lowest BCUT2D eigenvalue weighted by Crippen LogP contribution is -2.41. The molecule has 156 valence electrons. The molecule has 2 atom stereocenters. The zero-order valence-electron chi connectivity index (χ0n) is 17.5. The summed E-state index contributed by atoms with van der Waals surface area (Å²) in [6.45, 7) is 7.32. The summed E-state index contributed by atoms with van der Waals surface area (Å²) in [4.78, 5) is 12.8. The van der Waals surface area contributed by atoms with Gasteiger partial charge in [-0.2, -0.15) is 0 Å². The largest absolute Gasteiger partial charge is 0.497 e. The molecule has 0 saturated heterocycles. The minimum atomic E-state index is -0.193. The highest BCUT2D eigenvalue weighted by atomic mass is 16.6. The average molecular weight is 399 g/mol. The van der Waals surface area contributed by atoms with E-state index in [1.807, 2.05) is 42.5 Å². The smallest absolute Gasteiger partial charge is 0.315 e. The third-order valence-corrected chi connectivity index (χ3v) is 5.11. The van der Waals surface area contributed by atoms with Crippen LogP contribution in [0.2, 0.25) is 0 Å². The van der Waals surface area contributed by atoms with Crippen molar-refractivity contribution < 1.29 is 19.0 Å². The fourth-order valence-corrected chi connectivity index (χ4v) is 3.49. The summed E-state index contributed by atoms with van der Waals surface area (Å²) < 4.78 is 16.5. The third kappa shape index (κ3) is 5.13. The number of benzene rings is 2. The SMILES string of the molecule is CC[C@@H](NC(=O)N[C@@H](c1ccc2c(c1)OCCO2)C(C)C)c1ccc(OC)cc1. The first kappa shape index (κ1) is 20.8. The number of nitrogens with one attached hydrogen (secondary N) is 2. The number of carbonyl (C=O) groups excluding carboxylic acids is 1. The van der Waals surface area contributed by atoms with E-state index in [0.29, 0.717) is 13.2 Å². The number of methoxy groups -OCH3 is 1. The summed E-state index contributed by atoms with van der Waals surface area (Å²) in [6.07, 6.45) is 0.788. The van der Waals surface area contributed by atoms with Crippen LogP contribution < -0.4 is 24.8 Å². The lowest BCUT2D eigenvalue weighted by Gasteiger charge is -2.27. The molecule has 0 fully saturated rings. The first-order valence-electron chi connectivity index (χ1n) is 10.1. The van der Waals surface area contributed by atoms with Crippen molar-refractivity contribution in [2.24, 2.45) is 5.92 Å². The highest BCUT2D eigenvalue weighted by molar-refractivity contribution is 5.75. The van der Waals surface area contributed by atoms with E-state index in [4.69, 9.17) is 14.2 Å². The van der Waals surface area contributed by atoms with Crippen LogP contribution in [0, 0.1) is 5.92 Å². The molecule has 2 N–H and O–H groups in total. The van der Waals surface area contributed by atoms with Crippen molar-refractivity contribution in [1.82, 2.24) is 10.6 Å². The van der Waals surface area contributed by atoms with Crippen molar-refractivity contribution in [2.75, 3.05) is 20.3 Å². The Labute approximate surface area is 172 Å². The van der Waals surface area contributed by atoms with Crippen LogP contribution in [0.1, 0.15) is 50.4 Å². The second-order valence-corrected chi connectivity index (χ2v) is 7.48. The molecule has 0 aromatic heterocycles. The summed E-state index contributed by atoms with van der Waals surface area (Å²) in [7, 11) is 1.64. The molecule has 2 aromatic rings. The van der Waals surface area contributed by atoms with Crippen LogP contribution in [-0.2, 0) is 0 Å². The Morgan fingerprint density at radius 3 is 2.28 bits per heavy atom. The van der Waals surface area contributed by atoms with Gasteiger partial charge in [-0.15, -0.1) is 0 Å². The Morgan fingerprint density at radius 1 is 1.00 bits per heavy atom. The van der Waals surface area contributed by atoms with Gasteiger partial charge < -0.3 is 24.8 Å². The first-order valence-corrected chi connectivity index (χ1v) is 10.1. The third-order valence-electron chi connectivity index (χ3n) is 5.11. The number of urea groups is 1. The van der Waals surface area contributed by atoms with Gasteiger partial charge in [0.2, 0.25) is 0 Å². The predicted molar refractivity (Wildman–Crippen MR) is 113 cm³/mol. The van der Waals surface area contributed by atoms with E-state index in [2.05, 4.69) is 31.4 Å². The van der Waals surface area contributed by atoms with Gasteiger partial charge in [0.05, 0.1) is 19.2 Å². The maximum atomic E-state index is 12.8. The van der Waals surface area contributed by atoms with E-state index in [9.17, 15) is 4.79 Å². The average Bonchev–Trinajstić information content (AvgIpc) is 2.75. The fraction of sp³-hybridized carbons (Fsp3) is 0.435. The Balaban J connectivity index is 1.70. The molecule has 29 heavy (non-hydrogen) atoms. The molecule has 2 amide bonds. The lowest BCUT2D eigenvalue weighted by molar-refractivity contribution is 0.171. The van der Waals surface area contributed by atoms with Crippen LogP contribution in [0.5, 0.6) is 17.2 Å². The summed E-state index contributed by atoms with van der Waals surface area (Å²) in [5.74, 6) is 2.49. The Bertz CT molecular complexity index is 820. The van der Waals surface area contributed by atoms with Gasteiger partial charge in [-0.3, -0.25) is 0 Å². The molecule has 1 aliphatic rings. The van der Waals surface area contributed by atoms with Crippen molar-refractivity contribution >= 4 is 6.03 Å². The molecule has 0 unspecified atom stereocenters. The van der Waals surface area contributed by atoms with E-state index >= 15 is 0 Å². The van der Waals surface area contributed by atoms with Gasteiger partial charge in [0.1, 0.15) is 19.0 Å². The predicted octanol–water partition coefficient (Wildman–Crippen LogP) is 4.61. The second-order valence-electron chi connectivity index (χ2n) is 7.48. The van der Waals surface area contributed by atoms with Crippen molar-refractivity contribution in [3.63, 3.8) is 0 Å². The quantitative estimate of drug-likeness (QED) is 0.714. The zero-order chi connectivity index (χ0) is 20.8. The van der Waals surface area contributed by atoms with Crippen LogP contribution in [0.25, 0.3) is 0 Å². The molecule has 0 saturated carbocycles. The summed E-state index contributed by atoms with van der Waals surface area (Å²) >= 11 is 0. The van der Waals surface area contributed by atoms with Gasteiger partial charge in [-0.25, -0.2) is 4.79 Å². The van der Waals surface area contributed by atoms with E-state index in [1.165, 1.54) is 0 Å². The Morgan fingerprint density at radius 2 is 1.66 bits per heavy atom. The van der Waals surface area contributed by atoms with Crippen molar-refractivity contribution in [3.8, 4) is 17.2 Å². The van der Waals surface area contributed by atoms with Crippen LogP contribution in [0.15, 0.2) is 42.5 Å².